The first-order chi connectivity index (χ1) is 16.4. The molecule has 178 valence electrons. The number of rotatable bonds is 7. The van der Waals surface area contributed by atoms with Gasteiger partial charge >= 0.3 is 0 Å². The average Bonchev–Trinajstić information content (AvgIpc) is 2.94. The standard InChI is InChI=1S/C26H30N4O3S/c1-6-8-13-34-26-27-24-22(28-29-26)20-15-16(3)14-17(4)23(20)30(18(5)31)25(33-24)19-11-9-10-12-21(19)32-7-2/h9-12,14-15,25H,6-8,13H2,1-5H3/t25-/m0/s1. The Morgan fingerprint density at radius 3 is 2.71 bits per heavy atom. The molecular formula is C26H30N4O3S. The van der Waals surface area contributed by atoms with Crippen molar-refractivity contribution in [1.29, 1.82) is 0 Å². The molecule has 34 heavy (non-hydrogen) atoms. The van der Waals surface area contributed by atoms with Crippen molar-refractivity contribution >= 4 is 23.4 Å². The molecule has 1 aromatic heterocycles. The van der Waals surface area contributed by atoms with Crippen LogP contribution in [-0.4, -0.2) is 33.4 Å². The molecule has 0 fully saturated rings. The molecule has 1 amide bonds. The van der Waals surface area contributed by atoms with Gasteiger partial charge in [-0.05, 0) is 51.0 Å². The highest BCUT2D eigenvalue weighted by molar-refractivity contribution is 7.99. The van der Waals surface area contributed by atoms with E-state index in [9.17, 15) is 4.79 Å². The van der Waals surface area contributed by atoms with Gasteiger partial charge in [-0.2, -0.15) is 4.98 Å². The summed E-state index contributed by atoms with van der Waals surface area (Å²) in [6.45, 7) is 10.1. The van der Waals surface area contributed by atoms with Gasteiger partial charge in [-0.25, -0.2) is 0 Å². The number of ether oxygens (including phenoxy) is 2. The van der Waals surface area contributed by atoms with E-state index in [1.807, 2.05) is 51.1 Å². The van der Waals surface area contributed by atoms with Gasteiger partial charge in [0.1, 0.15) is 5.75 Å². The first-order valence-electron chi connectivity index (χ1n) is 11.6. The molecule has 2 aromatic carbocycles. The Bertz CT molecular complexity index is 1200. The summed E-state index contributed by atoms with van der Waals surface area (Å²) in [5, 5.41) is 9.47. The third kappa shape index (κ3) is 4.73. The summed E-state index contributed by atoms with van der Waals surface area (Å²) in [7, 11) is 0. The molecule has 1 aliphatic heterocycles. The van der Waals surface area contributed by atoms with Crippen LogP contribution in [-0.2, 0) is 4.79 Å². The molecule has 0 unspecified atom stereocenters. The minimum atomic E-state index is -0.771. The zero-order valence-corrected chi connectivity index (χ0v) is 21.1. The van der Waals surface area contributed by atoms with Gasteiger partial charge in [-0.3, -0.25) is 9.69 Å². The maximum absolute atomic E-state index is 13.1. The summed E-state index contributed by atoms with van der Waals surface area (Å²) in [6, 6.07) is 11.7. The van der Waals surface area contributed by atoms with Crippen molar-refractivity contribution in [3.8, 4) is 22.9 Å². The highest BCUT2D eigenvalue weighted by atomic mass is 32.2. The topological polar surface area (TPSA) is 77.4 Å². The number of para-hydroxylation sites is 1. The normalized spacial score (nSPS) is 14.6. The maximum Gasteiger partial charge on any atom is 0.247 e. The van der Waals surface area contributed by atoms with E-state index < -0.39 is 6.23 Å². The van der Waals surface area contributed by atoms with E-state index in [-0.39, 0.29) is 5.91 Å². The SMILES string of the molecule is CCCCSc1nnc2c(n1)O[C@@H](c1ccccc1OCC)N(C(C)=O)c1c(C)cc(C)cc1-2. The second kappa shape index (κ2) is 10.4. The highest BCUT2D eigenvalue weighted by Gasteiger charge is 2.37. The third-order valence-corrected chi connectivity index (χ3v) is 6.51. The molecule has 7 nitrogen and oxygen atoms in total. The molecular weight excluding hydrogens is 448 g/mol. The van der Waals surface area contributed by atoms with Gasteiger partial charge in [0.25, 0.3) is 0 Å². The Morgan fingerprint density at radius 2 is 1.97 bits per heavy atom. The van der Waals surface area contributed by atoms with Crippen LogP contribution < -0.4 is 14.4 Å². The van der Waals surface area contributed by atoms with Gasteiger partial charge in [0.05, 0.1) is 17.9 Å². The zero-order valence-electron chi connectivity index (χ0n) is 20.3. The Hall–Kier alpha value is -3.13. The number of anilines is 1. The van der Waals surface area contributed by atoms with Crippen molar-refractivity contribution in [2.45, 2.75) is 58.8 Å². The maximum atomic E-state index is 13.1. The molecule has 0 N–H and O–H groups in total. The lowest BCUT2D eigenvalue weighted by Crippen LogP contribution is -2.36. The summed E-state index contributed by atoms with van der Waals surface area (Å²) in [5.41, 5.74) is 4.81. The van der Waals surface area contributed by atoms with E-state index in [1.165, 1.54) is 0 Å². The zero-order chi connectivity index (χ0) is 24.2. The summed E-state index contributed by atoms with van der Waals surface area (Å²) < 4.78 is 12.4. The molecule has 4 rings (SSSR count). The second-order valence-corrected chi connectivity index (χ2v) is 9.32. The number of benzene rings is 2. The first kappa shape index (κ1) is 24.0. The van der Waals surface area contributed by atoms with Crippen LogP contribution in [0.4, 0.5) is 5.69 Å². The minimum absolute atomic E-state index is 0.150. The summed E-state index contributed by atoms with van der Waals surface area (Å²) >= 11 is 1.56. The Morgan fingerprint density at radius 1 is 1.18 bits per heavy atom. The lowest BCUT2D eigenvalue weighted by Gasteiger charge is -2.32. The predicted octanol–water partition coefficient (Wildman–Crippen LogP) is 5.89. The van der Waals surface area contributed by atoms with E-state index in [0.29, 0.717) is 29.1 Å². The van der Waals surface area contributed by atoms with Gasteiger partial charge < -0.3 is 9.47 Å². The molecule has 8 heteroatoms. The van der Waals surface area contributed by atoms with E-state index in [2.05, 4.69) is 23.2 Å². The van der Waals surface area contributed by atoms with Crippen molar-refractivity contribution in [3.63, 3.8) is 0 Å². The van der Waals surface area contributed by atoms with Crippen molar-refractivity contribution in [3.05, 3.63) is 53.1 Å². The Balaban J connectivity index is 1.94. The van der Waals surface area contributed by atoms with Gasteiger partial charge in [0, 0.05) is 18.2 Å². The second-order valence-electron chi connectivity index (χ2n) is 8.26. The molecule has 0 aliphatic carbocycles. The molecule has 0 bridgehead atoms. The summed E-state index contributed by atoms with van der Waals surface area (Å²) in [6.07, 6.45) is 1.39. The van der Waals surface area contributed by atoms with Crippen LogP contribution in [0.2, 0.25) is 0 Å². The molecule has 3 aromatic rings. The Labute approximate surface area is 204 Å². The number of hydrogen-bond donors (Lipinski definition) is 0. The van der Waals surface area contributed by atoms with E-state index >= 15 is 0 Å². The molecule has 0 radical (unpaired) electrons. The summed E-state index contributed by atoms with van der Waals surface area (Å²) in [5.74, 6) is 1.78. The van der Waals surface area contributed by atoms with E-state index in [0.717, 1.165) is 46.5 Å². The number of unbranched alkanes of at least 4 members (excludes halogenated alkanes) is 1. The molecule has 0 saturated heterocycles. The molecule has 0 saturated carbocycles. The number of thioether (sulfide) groups is 1. The van der Waals surface area contributed by atoms with Crippen LogP contribution in [0.25, 0.3) is 11.3 Å². The summed E-state index contributed by atoms with van der Waals surface area (Å²) in [4.78, 5) is 19.6. The fourth-order valence-corrected chi connectivity index (χ4v) is 5.01. The fraction of sp³-hybridized carbons (Fsp3) is 0.385. The van der Waals surface area contributed by atoms with E-state index in [4.69, 9.17) is 14.5 Å². The van der Waals surface area contributed by atoms with Crippen LogP contribution in [0, 0.1) is 13.8 Å². The minimum Gasteiger partial charge on any atom is -0.493 e. The van der Waals surface area contributed by atoms with Gasteiger partial charge in [0.2, 0.25) is 23.2 Å². The average molecular weight is 479 g/mol. The van der Waals surface area contributed by atoms with Crippen LogP contribution in [0.5, 0.6) is 11.6 Å². The van der Waals surface area contributed by atoms with Crippen LogP contribution in [0.3, 0.4) is 0 Å². The van der Waals surface area contributed by atoms with Crippen LogP contribution in [0.1, 0.15) is 56.5 Å². The molecule has 1 atom stereocenters. The number of fused-ring (bicyclic) bond motifs is 3. The quantitative estimate of drug-likeness (QED) is 0.309. The predicted molar refractivity (Wildman–Crippen MR) is 135 cm³/mol. The monoisotopic (exact) mass is 478 g/mol. The molecule has 2 heterocycles. The fourth-order valence-electron chi connectivity index (χ4n) is 4.15. The van der Waals surface area contributed by atoms with Crippen LogP contribution in [0.15, 0.2) is 41.6 Å². The number of hydrogen-bond acceptors (Lipinski definition) is 7. The van der Waals surface area contributed by atoms with Gasteiger partial charge in [-0.1, -0.05) is 48.9 Å². The smallest absolute Gasteiger partial charge is 0.247 e. The lowest BCUT2D eigenvalue weighted by atomic mass is 10.00. The Kier molecular flexibility index (Phi) is 7.36. The largest absolute Gasteiger partial charge is 0.493 e. The number of amides is 1. The van der Waals surface area contributed by atoms with Gasteiger partial charge in [0.15, 0.2) is 5.69 Å². The number of carbonyl (C=O) groups excluding carboxylic acids is 1. The third-order valence-electron chi connectivity index (χ3n) is 5.59. The van der Waals surface area contributed by atoms with Crippen molar-refractivity contribution in [1.82, 2.24) is 15.2 Å². The first-order valence-corrected chi connectivity index (χ1v) is 12.6. The lowest BCUT2D eigenvalue weighted by molar-refractivity contribution is -0.118. The highest BCUT2D eigenvalue weighted by Crippen LogP contribution is 2.46. The van der Waals surface area contributed by atoms with Crippen molar-refractivity contribution < 1.29 is 14.3 Å². The molecule has 0 spiro atoms. The number of nitrogens with zero attached hydrogens (tertiary/aromatic N) is 4. The van der Waals surface area contributed by atoms with E-state index in [1.54, 1.807) is 23.6 Å². The number of carbonyl (C=O) groups is 1. The molecule has 1 aliphatic rings. The van der Waals surface area contributed by atoms with Gasteiger partial charge in [-0.15, -0.1) is 10.2 Å². The van der Waals surface area contributed by atoms with Crippen molar-refractivity contribution in [2.75, 3.05) is 17.3 Å². The van der Waals surface area contributed by atoms with Crippen molar-refractivity contribution in [2.24, 2.45) is 0 Å². The number of aryl methyl sites for hydroxylation is 2. The van der Waals surface area contributed by atoms with Crippen LogP contribution >= 0.6 is 11.8 Å². The number of aromatic nitrogens is 3.